The third-order valence-corrected chi connectivity index (χ3v) is 5.32. The maximum Gasteiger partial charge on any atom is 0.344 e. The van der Waals surface area contributed by atoms with Gasteiger partial charge in [0.2, 0.25) is 0 Å². The van der Waals surface area contributed by atoms with Crippen molar-refractivity contribution in [2.45, 2.75) is 45.6 Å². The summed E-state index contributed by atoms with van der Waals surface area (Å²) in [5.41, 5.74) is 1.06. The molecular weight excluding hydrogens is 368 g/mol. The van der Waals surface area contributed by atoms with E-state index in [4.69, 9.17) is 20.9 Å². The summed E-state index contributed by atoms with van der Waals surface area (Å²) in [5.74, 6) is -0.201. The molecular formula is C20H23ClN2O4. The highest BCUT2D eigenvalue weighted by molar-refractivity contribution is 6.33. The number of benzene rings is 1. The van der Waals surface area contributed by atoms with Crippen molar-refractivity contribution in [1.82, 2.24) is 10.5 Å². The molecule has 3 rings (SSSR count). The van der Waals surface area contributed by atoms with Crippen molar-refractivity contribution in [1.29, 1.82) is 0 Å². The Bertz CT molecular complexity index is 833. The lowest BCUT2D eigenvalue weighted by Gasteiger charge is -2.29. The number of aryl methyl sites for hydroxylation is 1. The SMILES string of the molecule is Cc1onc(-c2ccccc2Cl)c1C(=O)OCC(=O)N[C@@H]1CCCC[C@H]1C. The van der Waals surface area contributed by atoms with Gasteiger partial charge in [0.15, 0.2) is 6.61 Å². The Balaban J connectivity index is 1.66. The van der Waals surface area contributed by atoms with E-state index in [1.807, 2.05) is 0 Å². The number of hydrogen-bond donors (Lipinski definition) is 1. The van der Waals surface area contributed by atoms with Crippen molar-refractivity contribution in [3.8, 4) is 11.3 Å². The second-order valence-corrected chi connectivity index (χ2v) is 7.36. The lowest BCUT2D eigenvalue weighted by Crippen LogP contribution is -2.42. The highest BCUT2D eigenvalue weighted by Crippen LogP contribution is 2.31. The summed E-state index contributed by atoms with van der Waals surface area (Å²) in [7, 11) is 0. The number of nitrogens with zero attached hydrogens (tertiary/aromatic N) is 1. The Morgan fingerprint density at radius 1 is 1.30 bits per heavy atom. The van der Waals surface area contributed by atoms with E-state index in [1.165, 1.54) is 6.42 Å². The van der Waals surface area contributed by atoms with Crippen LogP contribution in [-0.2, 0) is 9.53 Å². The molecule has 1 N–H and O–H groups in total. The molecule has 2 aromatic rings. The minimum Gasteiger partial charge on any atom is -0.452 e. The second-order valence-electron chi connectivity index (χ2n) is 6.95. The Morgan fingerprint density at radius 3 is 2.78 bits per heavy atom. The van der Waals surface area contributed by atoms with Gasteiger partial charge in [0.05, 0.1) is 5.02 Å². The average Bonchev–Trinajstić information content (AvgIpc) is 3.03. The summed E-state index contributed by atoms with van der Waals surface area (Å²) < 4.78 is 10.4. The number of nitrogens with one attached hydrogen (secondary N) is 1. The monoisotopic (exact) mass is 390 g/mol. The predicted octanol–water partition coefficient (Wildman–Crippen LogP) is 4.16. The minimum absolute atomic E-state index is 0.140. The van der Waals surface area contributed by atoms with E-state index in [0.29, 0.717) is 28.0 Å². The molecule has 0 unspecified atom stereocenters. The molecule has 0 aliphatic heterocycles. The first-order valence-corrected chi connectivity index (χ1v) is 9.53. The van der Waals surface area contributed by atoms with Crippen LogP contribution in [0, 0.1) is 12.8 Å². The van der Waals surface area contributed by atoms with Crippen molar-refractivity contribution >= 4 is 23.5 Å². The van der Waals surface area contributed by atoms with E-state index in [9.17, 15) is 9.59 Å². The summed E-state index contributed by atoms with van der Waals surface area (Å²) in [5, 5.41) is 7.35. The van der Waals surface area contributed by atoms with Crippen LogP contribution in [0.4, 0.5) is 0 Å². The molecule has 1 saturated carbocycles. The molecule has 1 aromatic carbocycles. The van der Waals surface area contributed by atoms with Gasteiger partial charge in [-0.2, -0.15) is 0 Å². The van der Waals surface area contributed by atoms with Crippen LogP contribution in [0.25, 0.3) is 11.3 Å². The number of carbonyl (C=O) groups is 2. The second kappa shape index (κ2) is 8.57. The Kier molecular flexibility index (Phi) is 6.16. The van der Waals surface area contributed by atoms with Gasteiger partial charge in [-0.15, -0.1) is 0 Å². The summed E-state index contributed by atoms with van der Waals surface area (Å²) >= 11 is 6.20. The van der Waals surface area contributed by atoms with Crippen LogP contribution in [-0.4, -0.2) is 29.7 Å². The number of hydrogen-bond acceptors (Lipinski definition) is 5. The van der Waals surface area contributed by atoms with Gasteiger partial charge in [-0.05, 0) is 31.7 Å². The van der Waals surface area contributed by atoms with E-state index in [1.54, 1.807) is 31.2 Å². The number of carbonyl (C=O) groups excluding carboxylic acids is 2. The maximum atomic E-state index is 12.5. The molecule has 0 radical (unpaired) electrons. The van der Waals surface area contributed by atoms with Gasteiger partial charge < -0.3 is 14.6 Å². The fourth-order valence-electron chi connectivity index (χ4n) is 3.43. The Labute approximate surface area is 163 Å². The van der Waals surface area contributed by atoms with Crippen molar-refractivity contribution in [2.24, 2.45) is 5.92 Å². The van der Waals surface area contributed by atoms with Crippen LogP contribution in [0.2, 0.25) is 5.02 Å². The van der Waals surface area contributed by atoms with E-state index in [0.717, 1.165) is 19.3 Å². The zero-order valence-electron chi connectivity index (χ0n) is 15.5. The van der Waals surface area contributed by atoms with Gasteiger partial charge in [0.1, 0.15) is 17.0 Å². The molecule has 144 valence electrons. The maximum absolute atomic E-state index is 12.5. The average molecular weight is 391 g/mol. The minimum atomic E-state index is -0.657. The summed E-state index contributed by atoms with van der Waals surface area (Å²) in [4.78, 5) is 24.7. The lowest BCUT2D eigenvalue weighted by molar-refractivity contribution is -0.125. The smallest absolute Gasteiger partial charge is 0.344 e. The third-order valence-electron chi connectivity index (χ3n) is 4.99. The molecule has 1 heterocycles. The molecule has 1 aliphatic rings. The zero-order chi connectivity index (χ0) is 19.4. The Morgan fingerprint density at radius 2 is 2.04 bits per heavy atom. The van der Waals surface area contributed by atoms with Crippen molar-refractivity contribution in [3.05, 3.63) is 40.6 Å². The van der Waals surface area contributed by atoms with Crippen LogP contribution in [0.5, 0.6) is 0 Å². The van der Waals surface area contributed by atoms with E-state index in [-0.39, 0.29) is 24.1 Å². The zero-order valence-corrected chi connectivity index (χ0v) is 16.2. The van der Waals surface area contributed by atoms with Gasteiger partial charge in [-0.25, -0.2) is 4.79 Å². The highest BCUT2D eigenvalue weighted by Gasteiger charge is 2.26. The lowest BCUT2D eigenvalue weighted by atomic mass is 9.86. The van der Waals surface area contributed by atoms with E-state index in [2.05, 4.69) is 17.4 Å². The number of rotatable bonds is 5. The van der Waals surface area contributed by atoms with E-state index >= 15 is 0 Å². The highest BCUT2D eigenvalue weighted by atomic mass is 35.5. The number of halogens is 1. The number of aromatic nitrogens is 1. The molecule has 0 spiro atoms. The largest absolute Gasteiger partial charge is 0.452 e. The predicted molar refractivity (Wildman–Crippen MR) is 102 cm³/mol. The molecule has 7 heteroatoms. The first kappa shape index (κ1) is 19.4. The molecule has 0 bridgehead atoms. The Hall–Kier alpha value is -2.34. The molecule has 1 amide bonds. The molecule has 1 aromatic heterocycles. The van der Waals surface area contributed by atoms with Crippen LogP contribution >= 0.6 is 11.6 Å². The van der Waals surface area contributed by atoms with Crippen LogP contribution in [0.3, 0.4) is 0 Å². The standard InChI is InChI=1S/C20H23ClN2O4/c1-12-7-3-6-10-16(12)22-17(24)11-26-20(25)18-13(2)27-23-19(18)14-8-4-5-9-15(14)21/h4-5,8-9,12,16H,3,6-7,10-11H2,1-2H3,(H,22,24)/t12-,16-/m1/s1. The normalized spacial score (nSPS) is 19.5. The van der Waals surface area contributed by atoms with Crippen LogP contribution in [0.15, 0.2) is 28.8 Å². The number of amides is 1. The molecule has 6 nitrogen and oxygen atoms in total. The van der Waals surface area contributed by atoms with Crippen LogP contribution < -0.4 is 5.32 Å². The number of ether oxygens (including phenoxy) is 1. The van der Waals surface area contributed by atoms with E-state index < -0.39 is 5.97 Å². The van der Waals surface area contributed by atoms with Gasteiger partial charge >= 0.3 is 5.97 Å². The first-order chi connectivity index (χ1) is 13.0. The third kappa shape index (κ3) is 4.50. The molecule has 0 saturated heterocycles. The van der Waals surface area contributed by atoms with Gasteiger partial charge in [0, 0.05) is 11.6 Å². The summed E-state index contributed by atoms with van der Waals surface area (Å²) in [6, 6.07) is 7.16. The molecule has 1 aliphatic carbocycles. The fraction of sp³-hybridized carbons (Fsp3) is 0.450. The van der Waals surface area contributed by atoms with Crippen LogP contribution in [0.1, 0.15) is 48.7 Å². The van der Waals surface area contributed by atoms with Crippen molar-refractivity contribution < 1.29 is 18.8 Å². The topological polar surface area (TPSA) is 81.4 Å². The van der Waals surface area contributed by atoms with Gasteiger partial charge in [-0.1, -0.05) is 54.7 Å². The quantitative estimate of drug-likeness (QED) is 0.775. The first-order valence-electron chi connectivity index (χ1n) is 9.15. The van der Waals surface area contributed by atoms with Crippen molar-refractivity contribution in [2.75, 3.05) is 6.61 Å². The molecule has 2 atom stereocenters. The van der Waals surface area contributed by atoms with Gasteiger partial charge in [-0.3, -0.25) is 4.79 Å². The summed E-state index contributed by atoms with van der Waals surface area (Å²) in [6.07, 6.45) is 4.37. The number of esters is 1. The van der Waals surface area contributed by atoms with Crippen molar-refractivity contribution in [3.63, 3.8) is 0 Å². The fourth-order valence-corrected chi connectivity index (χ4v) is 3.66. The summed E-state index contributed by atoms with van der Waals surface area (Å²) in [6.45, 7) is 3.41. The molecule has 27 heavy (non-hydrogen) atoms. The molecule has 1 fully saturated rings. The van der Waals surface area contributed by atoms with Gasteiger partial charge in [0.25, 0.3) is 5.91 Å².